The second kappa shape index (κ2) is 3.70. The first-order valence-electron chi connectivity index (χ1n) is 3.53. The molecule has 6 heteroatoms. The number of urea groups is 1. The summed E-state index contributed by atoms with van der Waals surface area (Å²) < 4.78 is 0. The topological polar surface area (TPSA) is 71.8 Å². The molecule has 66 valence electrons. The molecule has 12 heavy (non-hydrogen) atoms. The van der Waals surface area contributed by atoms with Crippen LogP contribution in [0.25, 0.3) is 0 Å². The van der Waals surface area contributed by atoms with E-state index in [-0.39, 0.29) is 6.03 Å². The van der Waals surface area contributed by atoms with E-state index in [9.17, 15) is 4.79 Å². The van der Waals surface area contributed by atoms with Crippen LogP contribution < -0.4 is 10.6 Å². The summed E-state index contributed by atoms with van der Waals surface area (Å²) >= 11 is 0. The zero-order chi connectivity index (χ0) is 8.97. The van der Waals surface area contributed by atoms with E-state index in [2.05, 4.69) is 20.8 Å². The third-order valence-corrected chi connectivity index (χ3v) is 1.30. The molecule has 0 saturated heterocycles. The van der Waals surface area contributed by atoms with Crippen LogP contribution in [0.4, 0.5) is 4.79 Å². The van der Waals surface area contributed by atoms with Crippen molar-refractivity contribution in [3.05, 3.63) is 11.9 Å². The first kappa shape index (κ1) is 8.51. The number of hydrogen-bond donors (Lipinski definition) is 2. The average Bonchev–Trinajstić information content (AvgIpc) is 2.47. The Hall–Kier alpha value is -1.59. The van der Waals surface area contributed by atoms with Crippen LogP contribution in [0.2, 0.25) is 0 Å². The van der Waals surface area contributed by atoms with Gasteiger partial charge in [-0.25, -0.2) is 4.79 Å². The van der Waals surface area contributed by atoms with Crippen molar-refractivity contribution < 1.29 is 4.79 Å². The van der Waals surface area contributed by atoms with E-state index in [0.29, 0.717) is 6.54 Å². The van der Waals surface area contributed by atoms with Crippen molar-refractivity contribution in [3.8, 4) is 0 Å². The zero-order valence-electron chi connectivity index (χ0n) is 7.03. The van der Waals surface area contributed by atoms with Crippen molar-refractivity contribution in [2.45, 2.75) is 6.54 Å². The molecule has 0 aliphatic rings. The van der Waals surface area contributed by atoms with Crippen molar-refractivity contribution in [3.63, 3.8) is 0 Å². The molecule has 0 radical (unpaired) electrons. The Morgan fingerprint density at radius 3 is 3.00 bits per heavy atom. The number of nitrogens with zero attached hydrogens (tertiary/aromatic N) is 3. The summed E-state index contributed by atoms with van der Waals surface area (Å²) in [6.07, 6.45) is 1.61. The Kier molecular flexibility index (Phi) is 2.62. The maximum atomic E-state index is 10.7. The van der Waals surface area contributed by atoms with Gasteiger partial charge in [0.05, 0.1) is 12.7 Å². The lowest BCUT2D eigenvalue weighted by Gasteiger charge is -1.99. The molecule has 2 amide bonds. The van der Waals surface area contributed by atoms with E-state index in [0.717, 1.165) is 5.69 Å². The predicted molar refractivity (Wildman–Crippen MR) is 42.3 cm³/mol. The summed E-state index contributed by atoms with van der Waals surface area (Å²) in [5.74, 6) is 0. The smallest absolute Gasteiger partial charge is 0.314 e. The van der Waals surface area contributed by atoms with Gasteiger partial charge >= 0.3 is 6.03 Å². The first-order chi connectivity index (χ1) is 5.72. The SMILES string of the molecule is CNC(=O)NCc1cnn(C)n1. The lowest BCUT2D eigenvalue weighted by Crippen LogP contribution is -2.32. The Labute approximate surface area is 69.9 Å². The highest BCUT2D eigenvalue weighted by atomic mass is 16.2. The molecule has 0 saturated carbocycles. The highest BCUT2D eigenvalue weighted by molar-refractivity contribution is 5.73. The number of aryl methyl sites for hydroxylation is 1. The zero-order valence-corrected chi connectivity index (χ0v) is 7.03. The molecule has 2 N–H and O–H groups in total. The van der Waals surface area contributed by atoms with Crippen LogP contribution in [0.15, 0.2) is 6.20 Å². The maximum absolute atomic E-state index is 10.7. The fourth-order valence-electron chi connectivity index (χ4n) is 0.728. The van der Waals surface area contributed by atoms with Gasteiger partial charge in [-0.15, -0.1) is 0 Å². The van der Waals surface area contributed by atoms with Crippen LogP contribution in [0.3, 0.4) is 0 Å². The summed E-state index contributed by atoms with van der Waals surface area (Å²) in [5.41, 5.74) is 0.737. The van der Waals surface area contributed by atoms with E-state index in [4.69, 9.17) is 0 Å². The minimum atomic E-state index is -0.222. The van der Waals surface area contributed by atoms with Gasteiger partial charge in [-0.05, 0) is 0 Å². The van der Waals surface area contributed by atoms with Crippen molar-refractivity contribution in [2.75, 3.05) is 7.05 Å². The standard InChI is InChI=1S/C6H11N5O/c1-7-6(12)8-3-5-4-9-11(2)10-5/h4H,3H2,1-2H3,(H2,7,8,12). The second-order valence-corrected chi connectivity index (χ2v) is 2.26. The molecule has 0 spiro atoms. The summed E-state index contributed by atoms with van der Waals surface area (Å²) in [7, 11) is 3.29. The number of rotatable bonds is 2. The molecule has 0 aliphatic carbocycles. The molecule has 6 nitrogen and oxygen atoms in total. The lowest BCUT2D eigenvalue weighted by molar-refractivity contribution is 0.242. The van der Waals surface area contributed by atoms with Gasteiger partial charge in [0.2, 0.25) is 0 Å². The van der Waals surface area contributed by atoms with Crippen LogP contribution in [0, 0.1) is 0 Å². The van der Waals surface area contributed by atoms with Gasteiger partial charge in [-0.3, -0.25) is 0 Å². The third kappa shape index (κ3) is 2.22. The predicted octanol–water partition coefficient (Wildman–Crippen LogP) is -0.756. The van der Waals surface area contributed by atoms with E-state index in [1.807, 2.05) is 0 Å². The molecule has 0 bridgehead atoms. The summed E-state index contributed by atoms with van der Waals surface area (Å²) in [4.78, 5) is 12.2. The second-order valence-electron chi connectivity index (χ2n) is 2.26. The summed E-state index contributed by atoms with van der Waals surface area (Å²) in [6, 6.07) is -0.222. The van der Waals surface area contributed by atoms with Crippen molar-refractivity contribution in [1.82, 2.24) is 25.6 Å². The molecule has 1 aromatic rings. The van der Waals surface area contributed by atoms with Crippen LogP contribution in [-0.4, -0.2) is 28.1 Å². The molecule has 0 fully saturated rings. The fraction of sp³-hybridized carbons (Fsp3) is 0.500. The number of nitrogens with one attached hydrogen (secondary N) is 2. The Morgan fingerprint density at radius 2 is 2.50 bits per heavy atom. The molecular weight excluding hydrogens is 158 g/mol. The van der Waals surface area contributed by atoms with E-state index >= 15 is 0 Å². The van der Waals surface area contributed by atoms with Crippen molar-refractivity contribution in [1.29, 1.82) is 0 Å². The van der Waals surface area contributed by atoms with Crippen LogP contribution in [0.1, 0.15) is 5.69 Å². The quantitative estimate of drug-likeness (QED) is 0.611. The molecule has 1 aromatic heterocycles. The number of hydrogen-bond acceptors (Lipinski definition) is 3. The Balaban J connectivity index is 2.38. The maximum Gasteiger partial charge on any atom is 0.314 e. The van der Waals surface area contributed by atoms with E-state index in [1.165, 1.54) is 4.80 Å². The minimum absolute atomic E-state index is 0.222. The third-order valence-electron chi connectivity index (χ3n) is 1.30. The molecule has 0 aromatic carbocycles. The van der Waals surface area contributed by atoms with Gasteiger partial charge in [0.25, 0.3) is 0 Å². The van der Waals surface area contributed by atoms with Gasteiger partial charge in [0.15, 0.2) is 0 Å². The average molecular weight is 169 g/mol. The molecule has 1 heterocycles. The van der Waals surface area contributed by atoms with Crippen LogP contribution in [-0.2, 0) is 13.6 Å². The van der Waals surface area contributed by atoms with Crippen molar-refractivity contribution >= 4 is 6.03 Å². The lowest BCUT2D eigenvalue weighted by atomic mass is 10.5. The largest absolute Gasteiger partial charge is 0.341 e. The molecule has 0 aliphatic heterocycles. The molecular formula is C6H11N5O. The van der Waals surface area contributed by atoms with Gasteiger partial charge in [-0.2, -0.15) is 15.0 Å². The Morgan fingerprint density at radius 1 is 1.75 bits per heavy atom. The van der Waals surface area contributed by atoms with Gasteiger partial charge in [0.1, 0.15) is 5.69 Å². The van der Waals surface area contributed by atoms with E-state index in [1.54, 1.807) is 20.3 Å². The van der Waals surface area contributed by atoms with Crippen LogP contribution >= 0.6 is 0 Å². The molecule has 0 unspecified atom stereocenters. The summed E-state index contributed by atoms with van der Waals surface area (Å²) in [6.45, 7) is 0.396. The van der Waals surface area contributed by atoms with Gasteiger partial charge < -0.3 is 10.6 Å². The monoisotopic (exact) mass is 169 g/mol. The normalized spacial score (nSPS) is 9.50. The number of amides is 2. The Bertz CT molecular complexity index is 269. The number of carbonyl (C=O) groups is 1. The molecule has 0 atom stereocenters. The van der Waals surface area contributed by atoms with Crippen molar-refractivity contribution in [2.24, 2.45) is 7.05 Å². The van der Waals surface area contributed by atoms with Gasteiger partial charge in [-0.1, -0.05) is 0 Å². The number of aromatic nitrogens is 3. The number of carbonyl (C=O) groups excluding carboxylic acids is 1. The van der Waals surface area contributed by atoms with Crippen LogP contribution in [0.5, 0.6) is 0 Å². The fourth-order valence-corrected chi connectivity index (χ4v) is 0.728. The highest BCUT2D eigenvalue weighted by Crippen LogP contribution is 1.87. The minimum Gasteiger partial charge on any atom is -0.341 e. The van der Waals surface area contributed by atoms with E-state index < -0.39 is 0 Å². The summed E-state index contributed by atoms with van der Waals surface area (Å²) in [5, 5.41) is 12.9. The highest BCUT2D eigenvalue weighted by Gasteiger charge is 1.99. The first-order valence-corrected chi connectivity index (χ1v) is 3.53. The van der Waals surface area contributed by atoms with Gasteiger partial charge in [0, 0.05) is 14.1 Å². The molecule has 1 rings (SSSR count).